The van der Waals surface area contributed by atoms with Gasteiger partial charge in [-0.15, -0.1) is 11.3 Å². The Balaban J connectivity index is 1.69. The Morgan fingerprint density at radius 2 is 1.76 bits per heavy atom. The molecular weight excluding hydrogens is 356 g/mol. The molecule has 0 bridgehead atoms. The van der Waals surface area contributed by atoms with Crippen molar-refractivity contribution in [2.24, 2.45) is 0 Å². The molecular formula is C18H19N2O3S2+. The van der Waals surface area contributed by atoms with Crippen molar-refractivity contribution >= 4 is 21.5 Å². The van der Waals surface area contributed by atoms with Crippen LogP contribution in [0.3, 0.4) is 0 Å². The summed E-state index contributed by atoms with van der Waals surface area (Å²) >= 11 is 1.64. The molecule has 5 nitrogen and oxygen atoms in total. The SMILES string of the molecule is Cc1ccc(-c2cnc(-c3cc[n+](CCCS(=O)(=O)O)cc3)s2)cc1. The summed E-state index contributed by atoms with van der Waals surface area (Å²) in [7, 11) is -3.89. The van der Waals surface area contributed by atoms with Gasteiger partial charge in [0.05, 0.1) is 10.6 Å². The molecule has 0 aliphatic carbocycles. The van der Waals surface area contributed by atoms with Crippen LogP contribution in [0.2, 0.25) is 0 Å². The van der Waals surface area contributed by atoms with Gasteiger partial charge in [-0.1, -0.05) is 29.8 Å². The minimum absolute atomic E-state index is 0.228. The minimum Gasteiger partial charge on any atom is -0.286 e. The molecule has 0 aliphatic heterocycles. The van der Waals surface area contributed by atoms with Gasteiger partial charge in [-0.25, -0.2) is 9.55 Å². The highest BCUT2D eigenvalue weighted by Gasteiger charge is 2.10. The Hall–Kier alpha value is -2.09. The van der Waals surface area contributed by atoms with Crippen LogP contribution >= 0.6 is 11.3 Å². The molecule has 0 saturated heterocycles. The van der Waals surface area contributed by atoms with Gasteiger partial charge >= 0.3 is 0 Å². The maximum Gasteiger partial charge on any atom is 0.265 e. The van der Waals surface area contributed by atoms with Crippen molar-refractivity contribution in [2.45, 2.75) is 19.9 Å². The van der Waals surface area contributed by atoms with Crippen LogP contribution in [0.15, 0.2) is 55.0 Å². The largest absolute Gasteiger partial charge is 0.286 e. The Kier molecular flexibility index (Phi) is 5.27. The Morgan fingerprint density at radius 1 is 1.08 bits per heavy atom. The second-order valence-corrected chi connectivity index (χ2v) is 8.46. The van der Waals surface area contributed by atoms with Gasteiger partial charge in [0, 0.05) is 30.3 Å². The van der Waals surface area contributed by atoms with E-state index >= 15 is 0 Å². The van der Waals surface area contributed by atoms with Gasteiger partial charge in [0.1, 0.15) is 11.6 Å². The average molecular weight is 375 g/mol. The van der Waals surface area contributed by atoms with E-state index in [1.807, 2.05) is 35.3 Å². The molecule has 25 heavy (non-hydrogen) atoms. The third-order valence-corrected chi connectivity index (χ3v) is 5.70. The lowest BCUT2D eigenvalue weighted by molar-refractivity contribution is -0.696. The average Bonchev–Trinajstić information content (AvgIpc) is 3.05. The number of nitrogens with zero attached hydrogens (tertiary/aromatic N) is 2. The summed E-state index contributed by atoms with van der Waals surface area (Å²) in [5.74, 6) is -0.228. The molecule has 2 heterocycles. The normalized spacial score (nSPS) is 11.6. The Morgan fingerprint density at radius 3 is 2.40 bits per heavy atom. The highest BCUT2D eigenvalue weighted by molar-refractivity contribution is 7.85. The van der Waals surface area contributed by atoms with E-state index < -0.39 is 10.1 Å². The molecule has 0 radical (unpaired) electrons. The lowest BCUT2D eigenvalue weighted by Crippen LogP contribution is -2.33. The molecule has 0 spiro atoms. The molecule has 0 unspecified atom stereocenters. The fourth-order valence-corrected chi connectivity index (χ4v) is 3.86. The zero-order valence-electron chi connectivity index (χ0n) is 13.8. The van der Waals surface area contributed by atoms with Crippen molar-refractivity contribution in [1.29, 1.82) is 0 Å². The number of hydrogen-bond donors (Lipinski definition) is 1. The second-order valence-electron chi connectivity index (χ2n) is 5.86. The highest BCUT2D eigenvalue weighted by atomic mass is 32.2. The van der Waals surface area contributed by atoms with Crippen LogP contribution in [0.4, 0.5) is 0 Å². The number of aromatic nitrogens is 2. The van der Waals surface area contributed by atoms with Crippen LogP contribution in [0.1, 0.15) is 12.0 Å². The smallest absolute Gasteiger partial charge is 0.265 e. The monoisotopic (exact) mass is 375 g/mol. The Bertz CT molecular complexity index is 947. The van der Waals surface area contributed by atoms with Crippen LogP contribution in [0.25, 0.3) is 21.0 Å². The molecule has 3 rings (SSSR count). The maximum atomic E-state index is 10.7. The molecule has 0 fully saturated rings. The summed E-state index contributed by atoms with van der Waals surface area (Å²) in [6.45, 7) is 2.60. The molecule has 0 atom stereocenters. The third-order valence-electron chi connectivity index (χ3n) is 3.80. The number of hydrogen-bond acceptors (Lipinski definition) is 4. The van der Waals surface area contributed by atoms with Gasteiger partial charge in [-0.2, -0.15) is 8.42 Å². The van der Waals surface area contributed by atoms with Crippen molar-refractivity contribution in [2.75, 3.05) is 5.75 Å². The van der Waals surface area contributed by atoms with E-state index in [4.69, 9.17) is 4.55 Å². The molecule has 0 aliphatic rings. The Labute approximate surface area is 151 Å². The first kappa shape index (κ1) is 17.7. The van der Waals surface area contributed by atoms with E-state index in [9.17, 15) is 8.42 Å². The number of thiazole rings is 1. The lowest BCUT2D eigenvalue weighted by atomic mass is 10.1. The summed E-state index contributed by atoms with van der Waals surface area (Å²) < 4.78 is 32.1. The van der Waals surface area contributed by atoms with E-state index in [1.165, 1.54) is 5.56 Å². The summed E-state index contributed by atoms with van der Waals surface area (Å²) in [5.41, 5.74) is 3.41. The predicted molar refractivity (Wildman–Crippen MR) is 99.0 cm³/mol. The van der Waals surface area contributed by atoms with Gasteiger partial charge in [-0.3, -0.25) is 4.55 Å². The zero-order valence-corrected chi connectivity index (χ0v) is 15.4. The predicted octanol–water partition coefficient (Wildman–Crippen LogP) is 3.35. The number of aryl methyl sites for hydroxylation is 2. The second kappa shape index (κ2) is 7.43. The van der Waals surface area contributed by atoms with Gasteiger partial charge < -0.3 is 0 Å². The van der Waals surface area contributed by atoms with Crippen molar-refractivity contribution in [3.8, 4) is 21.0 Å². The first-order valence-corrected chi connectivity index (χ1v) is 10.3. The van der Waals surface area contributed by atoms with Crippen LogP contribution in [0, 0.1) is 6.92 Å². The van der Waals surface area contributed by atoms with E-state index in [0.717, 1.165) is 21.0 Å². The molecule has 130 valence electrons. The minimum atomic E-state index is -3.89. The maximum absolute atomic E-state index is 10.7. The summed E-state index contributed by atoms with van der Waals surface area (Å²) in [6.07, 6.45) is 6.05. The van der Waals surface area contributed by atoms with E-state index in [-0.39, 0.29) is 5.75 Å². The van der Waals surface area contributed by atoms with Crippen LogP contribution in [-0.4, -0.2) is 23.7 Å². The van der Waals surface area contributed by atoms with Gasteiger partial charge in [0.2, 0.25) is 0 Å². The summed E-state index contributed by atoms with van der Waals surface area (Å²) in [4.78, 5) is 5.63. The van der Waals surface area contributed by atoms with E-state index in [2.05, 4.69) is 36.2 Å². The molecule has 2 aromatic heterocycles. The van der Waals surface area contributed by atoms with Gasteiger partial charge in [-0.05, 0) is 12.5 Å². The molecule has 1 N–H and O–H groups in total. The zero-order chi connectivity index (χ0) is 17.9. The fourth-order valence-electron chi connectivity index (χ4n) is 2.44. The van der Waals surface area contributed by atoms with Crippen LogP contribution in [0.5, 0.6) is 0 Å². The number of pyridine rings is 1. The standard InChI is InChI=1S/C18H18N2O3S2/c1-14-3-5-15(6-4-14)17-13-19-18(24-17)16-7-10-20(11-8-16)9-2-12-25(21,22)23/h3-8,10-11,13H,2,9,12H2,1H3/p+1. The molecule has 0 saturated carbocycles. The van der Waals surface area contributed by atoms with Gasteiger partial charge in [0.15, 0.2) is 12.4 Å². The van der Waals surface area contributed by atoms with Crippen molar-refractivity contribution < 1.29 is 17.5 Å². The number of benzene rings is 1. The first-order valence-electron chi connectivity index (χ1n) is 7.88. The van der Waals surface area contributed by atoms with Crippen LogP contribution < -0.4 is 4.57 Å². The first-order chi connectivity index (χ1) is 11.9. The van der Waals surface area contributed by atoms with Crippen LogP contribution in [-0.2, 0) is 16.7 Å². The quantitative estimate of drug-likeness (QED) is 0.530. The van der Waals surface area contributed by atoms with Crippen molar-refractivity contribution in [3.05, 3.63) is 60.6 Å². The fraction of sp³-hybridized carbons (Fsp3) is 0.222. The number of rotatable bonds is 6. The van der Waals surface area contributed by atoms with E-state index in [0.29, 0.717) is 13.0 Å². The summed E-state index contributed by atoms with van der Waals surface area (Å²) in [5, 5.41) is 0.945. The molecule has 7 heteroatoms. The molecule has 0 amide bonds. The molecule has 1 aromatic carbocycles. The topological polar surface area (TPSA) is 71.1 Å². The highest BCUT2D eigenvalue weighted by Crippen LogP contribution is 2.31. The van der Waals surface area contributed by atoms with E-state index in [1.54, 1.807) is 11.3 Å². The lowest BCUT2D eigenvalue weighted by Gasteiger charge is -1.99. The van der Waals surface area contributed by atoms with Crippen molar-refractivity contribution in [3.63, 3.8) is 0 Å². The third kappa shape index (κ3) is 4.94. The van der Waals surface area contributed by atoms with Gasteiger partial charge in [0.25, 0.3) is 10.1 Å². The summed E-state index contributed by atoms with van der Waals surface area (Å²) in [6, 6.07) is 12.3. The van der Waals surface area contributed by atoms with Crippen molar-refractivity contribution in [1.82, 2.24) is 4.98 Å². The molecule has 3 aromatic rings.